The van der Waals surface area contributed by atoms with Gasteiger partial charge in [-0.05, 0) is 31.0 Å². The number of hydrogen-bond acceptors (Lipinski definition) is 8. The minimum absolute atomic E-state index is 0.0511. The molecule has 1 spiro atoms. The number of nitrogens with one attached hydrogen (secondary N) is 2. The number of sulfonamides is 1. The lowest BCUT2D eigenvalue weighted by molar-refractivity contribution is 0.0536. The second-order valence-corrected chi connectivity index (χ2v) is 10.5. The van der Waals surface area contributed by atoms with Gasteiger partial charge in [-0.15, -0.1) is 10.2 Å². The molecule has 1 aromatic carbocycles. The average molecular weight is 514 g/mol. The summed E-state index contributed by atoms with van der Waals surface area (Å²) in [5.41, 5.74) is 0.627. The number of carbonyl (C=O) groups excluding carboxylic acids is 1. The van der Waals surface area contributed by atoms with Crippen molar-refractivity contribution < 1.29 is 31.6 Å². The minimum atomic E-state index is -4.16. The monoisotopic (exact) mass is 513 g/mol. The number of alkyl halides is 2. The second kappa shape index (κ2) is 7.75. The number of nitrogens with zero attached hydrogens (tertiary/aromatic N) is 3. The maximum Gasteiger partial charge on any atom is 0.310 e. The largest absolute Gasteiger partial charge is 0.451 e. The number of furan rings is 1. The van der Waals surface area contributed by atoms with Crippen LogP contribution in [0.4, 0.5) is 20.3 Å². The summed E-state index contributed by atoms with van der Waals surface area (Å²) in [6, 6.07) is 6.63. The van der Waals surface area contributed by atoms with Crippen LogP contribution in [0.2, 0.25) is 5.15 Å². The molecule has 3 heterocycles. The molecule has 2 aromatic heterocycles. The fraction of sp³-hybridized carbons (Fsp3) is 0.350. The molecule has 0 unspecified atom stereocenters. The number of anilines is 2. The number of hydrogen-bond donors (Lipinski definition) is 3. The van der Waals surface area contributed by atoms with E-state index in [1.54, 1.807) is 4.90 Å². The first-order valence-electron chi connectivity index (χ1n) is 10.2. The van der Waals surface area contributed by atoms with Gasteiger partial charge in [0.15, 0.2) is 16.7 Å². The maximum atomic E-state index is 13.7. The highest BCUT2D eigenvalue weighted by Crippen LogP contribution is 2.66. The van der Waals surface area contributed by atoms with Crippen LogP contribution in [0.5, 0.6) is 0 Å². The Morgan fingerprint density at radius 3 is 2.53 bits per heavy atom. The van der Waals surface area contributed by atoms with Crippen molar-refractivity contribution in [2.24, 2.45) is 5.41 Å². The first kappa shape index (κ1) is 22.7. The molecular formula is C20H18ClF2N5O5S. The molecule has 34 heavy (non-hydrogen) atoms. The van der Waals surface area contributed by atoms with Crippen molar-refractivity contribution in [1.82, 2.24) is 15.7 Å². The zero-order valence-corrected chi connectivity index (χ0v) is 19.0. The minimum Gasteiger partial charge on any atom is -0.451 e. The van der Waals surface area contributed by atoms with Crippen LogP contribution in [0.3, 0.4) is 0 Å². The summed E-state index contributed by atoms with van der Waals surface area (Å²) in [5.74, 6) is -3.55. The van der Waals surface area contributed by atoms with Gasteiger partial charge in [-0.25, -0.2) is 22.7 Å². The Bertz CT molecular complexity index is 1410. The third-order valence-corrected chi connectivity index (χ3v) is 7.90. The molecule has 10 nitrogen and oxygen atoms in total. The van der Waals surface area contributed by atoms with Crippen LogP contribution in [0.15, 0.2) is 39.6 Å². The Labute approximate surface area is 196 Å². The molecule has 1 saturated carbocycles. The highest BCUT2D eigenvalue weighted by Gasteiger charge is 2.70. The summed E-state index contributed by atoms with van der Waals surface area (Å²) >= 11 is 5.95. The van der Waals surface area contributed by atoms with E-state index in [1.165, 1.54) is 35.8 Å². The number of hydroxylamine groups is 1. The number of piperidine rings is 1. The standard InChI is InChI=1S/C20H18ClF2N5O5S/c21-16-9-13(17(25-24-16)28-5-3-19(4-6-28)10-20(19,22)23)27-34(31,32)12-2-1-11-7-15(18(29)26-30)33-14(11)8-12/h1-2,7-9,30H,3-6,10H2,(H,24,27)(H,26,29). The summed E-state index contributed by atoms with van der Waals surface area (Å²) in [7, 11) is -4.16. The molecule has 3 N–H and O–H groups in total. The van der Waals surface area contributed by atoms with Crippen molar-refractivity contribution in [3.05, 3.63) is 41.2 Å². The van der Waals surface area contributed by atoms with Gasteiger partial charge in [0.2, 0.25) is 0 Å². The van der Waals surface area contributed by atoms with Crippen molar-refractivity contribution in [3.8, 4) is 0 Å². The number of carbonyl (C=O) groups is 1. The smallest absolute Gasteiger partial charge is 0.310 e. The molecule has 0 radical (unpaired) electrons. The third-order valence-electron chi connectivity index (χ3n) is 6.35. The number of aromatic nitrogens is 2. The number of amides is 1. The van der Waals surface area contributed by atoms with E-state index in [4.69, 9.17) is 21.2 Å². The van der Waals surface area contributed by atoms with E-state index in [0.29, 0.717) is 5.39 Å². The molecule has 1 amide bonds. The van der Waals surface area contributed by atoms with Gasteiger partial charge in [-0.2, -0.15) is 0 Å². The van der Waals surface area contributed by atoms with Crippen molar-refractivity contribution in [1.29, 1.82) is 0 Å². The van der Waals surface area contributed by atoms with Crippen molar-refractivity contribution in [2.75, 3.05) is 22.7 Å². The summed E-state index contributed by atoms with van der Waals surface area (Å²) in [6.07, 6.45) is 0.390. The molecule has 2 aliphatic rings. The average Bonchev–Trinajstić information content (AvgIpc) is 3.12. The van der Waals surface area contributed by atoms with Crippen molar-refractivity contribution in [2.45, 2.75) is 30.1 Å². The van der Waals surface area contributed by atoms with Crippen LogP contribution in [0.1, 0.15) is 29.8 Å². The molecule has 2 fully saturated rings. The normalized spacial score (nSPS) is 18.8. The predicted molar refractivity (Wildman–Crippen MR) is 117 cm³/mol. The van der Waals surface area contributed by atoms with Crippen LogP contribution in [-0.4, -0.2) is 48.7 Å². The molecule has 1 aliphatic heterocycles. The molecule has 1 aliphatic carbocycles. The highest BCUT2D eigenvalue weighted by atomic mass is 35.5. The fourth-order valence-electron chi connectivity index (χ4n) is 4.29. The molecule has 1 saturated heterocycles. The topological polar surface area (TPSA) is 138 Å². The van der Waals surface area contributed by atoms with Gasteiger partial charge in [-0.1, -0.05) is 11.6 Å². The molecule has 0 bridgehead atoms. The second-order valence-electron chi connectivity index (χ2n) is 8.41. The number of halogens is 3. The van der Waals surface area contributed by atoms with Crippen molar-refractivity contribution in [3.63, 3.8) is 0 Å². The molecule has 14 heteroatoms. The van der Waals surface area contributed by atoms with Crippen molar-refractivity contribution >= 4 is 50.0 Å². The zero-order chi connectivity index (χ0) is 24.3. The number of rotatable bonds is 5. The van der Waals surface area contributed by atoms with Crippen LogP contribution in [0.25, 0.3) is 11.0 Å². The van der Waals surface area contributed by atoms with Gasteiger partial charge in [0.25, 0.3) is 15.9 Å². The maximum absolute atomic E-state index is 13.7. The lowest BCUT2D eigenvalue weighted by Gasteiger charge is -2.33. The SMILES string of the molecule is O=C(NO)c1cc2ccc(S(=O)(=O)Nc3cc(Cl)nnc3N3CCC4(CC3)CC4(F)F)cc2o1. The fourth-order valence-corrected chi connectivity index (χ4v) is 5.50. The van der Waals surface area contributed by atoms with E-state index in [2.05, 4.69) is 14.9 Å². The van der Waals surface area contributed by atoms with Crippen LogP contribution in [0, 0.1) is 5.41 Å². The quantitative estimate of drug-likeness (QED) is 0.348. The first-order valence-corrected chi connectivity index (χ1v) is 12.1. The molecular weight excluding hydrogens is 496 g/mol. The van der Waals surface area contributed by atoms with Crippen LogP contribution >= 0.6 is 11.6 Å². The molecule has 3 aromatic rings. The summed E-state index contributed by atoms with van der Waals surface area (Å²) in [5, 5.41) is 16.9. The Balaban J connectivity index is 1.41. The predicted octanol–water partition coefficient (Wildman–Crippen LogP) is 3.42. The van der Waals surface area contributed by atoms with Crippen LogP contribution in [-0.2, 0) is 10.0 Å². The highest BCUT2D eigenvalue weighted by molar-refractivity contribution is 7.92. The number of fused-ring (bicyclic) bond motifs is 1. The van der Waals surface area contributed by atoms with E-state index in [-0.39, 0.29) is 65.2 Å². The lowest BCUT2D eigenvalue weighted by atomic mass is 9.93. The first-order chi connectivity index (χ1) is 16.0. The number of benzene rings is 1. The molecule has 0 atom stereocenters. The zero-order valence-electron chi connectivity index (χ0n) is 17.4. The van der Waals surface area contributed by atoms with Gasteiger partial charge >= 0.3 is 5.91 Å². The Morgan fingerprint density at radius 2 is 1.88 bits per heavy atom. The molecule has 180 valence electrons. The molecule has 5 rings (SSSR count). The Hall–Kier alpha value is -3.03. The van der Waals surface area contributed by atoms with Gasteiger partial charge in [-0.3, -0.25) is 14.7 Å². The third kappa shape index (κ3) is 3.83. The summed E-state index contributed by atoms with van der Waals surface area (Å²) in [6.45, 7) is 0.545. The summed E-state index contributed by atoms with van der Waals surface area (Å²) < 4.78 is 61.4. The van der Waals surface area contributed by atoms with E-state index < -0.39 is 27.3 Å². The van der Waals surface area contributed by atoms with Gasteiger partial charge in [0.05, 0.1) is 10.6 Å². The summed E-state index contributed by atoms with van der Waals surface area (Å²) in [4.78, 5) is 13.1. The van der Waals surface area contributed by atoms with Crippen LogP contribution < -0.4 is 15.1 Å². The van der Waals surface area contributed by atoms with E-state index in [9.17, 15) is 22.0 Å². The van der Waals surface area contributed by atoms with E-state index in [1.807, 2.05) is 0 Å². The van der Waals surface area contributed by atoms with Gasteiger partial charge in [0.1, 0.15) is 5.58 Å². The Kier molecular flexibility index (Phi) is 5.18. The van der Waals surface area contributed by atoms with Gasteiger partial charge < -0.3 is 9.32 Å². The van der Waals surface area contributed by atoms with E-state index >= 15 is 0 Å². The Morgan fingerprint density at radius 1 is 1.18 bits per heavy atom. The van der Waals surface area contributed by atoms with Gasteiger partial charge in [0, 0.05) is 42.4 Å². The lowest BCUT2D eigenvalue weighted by Crippen LogP contribution is -2.37. The van der Waals surface area contributed by atoms with E-state index in [0.717, 1.165) is 0 Å².